The summed E-state index contributed by atoms with van der Waals surface area (Å²) in [6, 6.07) is 6.83. The Balaban J connectivity index is 2.05. The molecule has 1 aromatic carbocycles. The van der Waals surface area contributed by atoms with Gasteiger partial charge in [0.25, 0.3) is 11.8 Å². The number of rotatable bonds is 4. The highest BCUT2D eigenvalue weighted by atomic mass is 32.2. The molecule has 1 heterocycles. The summed E-state index contributed by atoms with van der Waals surface area (Å²) >= 11 is 1.51. The molecule has 0 aliphatic carbocycles. The molecule has 7 heteroatoms. The van der Waals surface area contributed by atoms with Crippen molar-refractivity contribution >= 4 is 28.7 Å². The van der Waals surface area contributed by atoms with Crippen molar-refractivity contribution in [2.45, 2.75) is 0 Å². The molecule has 0 unspecified atom stereocenters. The lowest BCUT2D eigenvalue weighted by atomic mass is 10.2. The van der Waals surface area contributed by atoms with E-state index in [9.17, 15) is 9.59 Å². The first kappa shape index (κ1) is 15.4. The number of nitrogens with zero attached hydrogens (tertiary/aromatic N) is 2. The molecule has 0 saturated heterocycles. The van der Waals surface area contributed by atoms with Gasteiger partial charge in [0.15, 0.2) is 11.8 Å². The Morgan fingerprint density at radius 1 is 1.38 bits per heavy atom. The van der Waals surface area contributed by atoms with Gasteiger partial charge in [-0.15, -0.1) is 0 Å². The zero-order chi connectivity index (χ0) is 15.2. The summed E-state index contributed by atoms with van der Waals surface area (Å²) in [5.74, 6) is 0.816. The van der Waals surface area contributed by atoms with E-state index in [1.165, 1.54) is 16.7 Å². The van der Waals surface area contributed by atoms with Crippen LogP contribution in [-0.2, 0) is 4.79 Å². The van der Waals surface area contributed by atoms with Crippen LogP contribution in [0.4, 0.5) is 0 Å². The maximum Gasteiger partial charge on any atom is 0.260 e. The number of amides is 2. The van der Waals surface area contributed by atoms with Crippen molar-refractivity contribution in [2.24, 2.45) is 4.99 Å². The predicted octanol–water partition coefficient (Wildman–Crippen LogP) is 0.986. The van der Waals surface area contributed by atoms with Crippen LogP contribution in [0.15, 0.2) is 29.3 Å². The number of benzene rings is 1. The fourth-order valence-corrected chi connectivity index (χ4v) is 2.35. The molecule has 2 rings (SSSR count). The molecule has 112 valence electrons. The van der Waals surface area contributed by atoms with Gasteiger partial charge in [-0.2, -0.15) is 0 Å². The first-order valence-corrected chi connectivity index (χ1v) is 7.47. The number of hydrogen-bond donors (Lipinski definition) is 1. The van der Waals surface area contributed by atoms with E-state index in [0.29, 0.717) is 16.5 Å². The fourth-order valence-electron chi connectivity index (χ4n) is 1.62. The minimum absolute atomic E-state index is 0.104. The summed E-state index contributed by atoms with van der Waals surface area (Å²) in [5.41, 5.74) is 0.388. The highest BCUT2D eigenvalue weighted by molar-refractivity contribution is 8.14. The van der Waals surface area contributed by atoms with Gasteiger partial charge in [0.1, 0.15) is 5.75 Å². The van der Waals surface area contributed by atoms with Crippen molar-refractivity contribution in [1.82, 2.24) is 10.2 Å². The van der Waals surface area contributed by atoms with Crippen LogP contribution in [0.2, 0.25) is 0 Å². The van der Waals surface area contributed by atoms with Crippen molar-refractivity contribution in [2.75, 3.05) is 33.0 Å². The van der Waals surface area contributed by atoms with Crippen LogP contribution in [0, 0.1) is 0 Å². The topological polar surface area (TPSA) is 71.0 Å². The van der Waals surface area contributed by atoms with Gasteiger partial charge in [0.2, 0.25) is 0 Å². The standard InChI is InChI=1S/C14H17N3O3S/c1-17(2)12(18)9-20-11-6-4-3-5-10(11)13(19)16-14-15-7-8-21-14/h3-6H,7-9H2,1-2H3,(H,15,16,19). The van der Waals surface area contributed by atoms with Gasteiger partial charge in [0.05, 0.1) is 12.1 Å². The zero-order valence-corrected chi connectivity index (χ0v) is 12.8. The van der Waals surface area contributed by atoms with Crippen LogP contribution in [0.5, 0.6) is 5.75 Å². The lowest BCUT2D eigenvalue weighted by Crippen LogP contribution is -2.30. The van der Waals surface area contributed by atoms with Crippen LogP contribution < -0.4 is 10.1 Å². The minimum Gasteiger partial charge on any atom is -0.483 e. The molecule has 0 bridgehead atoms. The van der Waals surface area contributed by atoms with Gasteiger partial charge in [-0.3, -0.25) is 14.6 Å². The second kappa shape index (κ2) is 7.12. The monoisotopic (exact) mass is 307 g/mol. The van der Waals surface area contributed by atoms with Gasteiger partial charge in [-0.1, -0.05) is 23.9 Å². The number of nitrogens with one attached hydrogen (secondary N) is 1. The summed E-state index contributed by atoms with van der Waals surface area (Å²) in [7, 11) is 3.31. The van der Waals surface area contributed by atoms with E-state index in [1.54, 1.807) is 38.4 Å². The molecule has 21 heavy (non-hydrogen) atoms. The highest BCUT2D eigenvalue weighted by Crippen LogP contribution is 2.19. The van der Waals surface area contributed by atoms with E-state index in [2.05, 4.69) is 10.3 Å². The van der Waals surface area contributed by atoms with Crippen molar-refractivity contribution in [3.63, 3.8) is 0 Å². The third kappa shape index (κ3) is 4.22. The normalized spacial score (nSPS) is 13.5. The lowest BCUT2D eigenvalue weighted by molar-refractivity contribution is -0.130. The van der Waals surface area contributed by atoms with Gasteiger partial charge in [-0.25, -0.2) is 0 Å². The molecule has 1 aliphatic heterocycles. The molecule has 0 fully saturated rings. The summed E-state index contributed by atoms with van der Waals surface area (Å²) in [5, 5.41) is 3.37. The predicted molar refractivity (Wildman–Crippen MR) is 82.9 cm³/mol. The minimum atomic E-state index is -0.281. The molecule has 0 spiro atoms. The van der Waals surface area contributed by atoms with Crippen molar-refractivity contribution in [3.8, 4) is 5.75 Å². The van der Waals surface area contributed by atoms with Crippen LogP contribution >= 0.6 is 11.8 Å². The van der Waals surface area contributed by atoms with E-state index in [1.807, 2.05) is 0 Å². The summed E-state index contributed by atoms with van der Waals surface area (Å²) in [6.45, 7) is 0.614. The Kier molecular flexibility index (Phi) is 5.21. The number of para-hydroxylation sites is 1. The van der Waals surface area contributed by atoms with Crippen LogP contribution in [-0.4, -0.2) is 54.9 Å². The largest absolute Gasteiger partial charge is 0.483 e. The number of thioether (sulfide) groups is 1. The smallest absolute Gasteiger partial charge is 0.260 e. The molecule has 1 N–H and O–H groups in total. The summed E-state index contributed by atoms with van der Waals surface area (Å²) in [6.07, 6.45) is 0. The Morgan fingerprint density at radius 3 is 2.81 bits per heavy atom. The third-order valence-electron chi connectivity index (χ3n) is 2.79. The van der Waals surface area contributed by atoms with E-state index in [0.717, 1.165) is 12.3 Å². The lowest BCUT2D eigenvalue weighted by Gasteiger charge is -2.13. The zero-order valence-electron chi connectivity index (χ0n) is 12.0. The van der Waals surface area contributed by atoms with Gasteiger partial charge in [-0.05, 0) is 12.1 Å². The van der Waals surface area contributed by atoms with Crippen molar-refractivity contribution < 1.29 is 14.3 Å². The number of hydrogen-bond acceptors (Lipinski definition) is 5. The second-order valence-corrected chi connectivity index (χ2v) is 5.65. The fraction of sp³-hybridized carbons (Fsp3) is 0.357. The van der Waals surface area contributed by atoms with Crippen LogP contribution in [0.3, 0.4) is 0 Å². The number of likely N-dealkylation sites (N-methyl/N-ethyl adjacent to an activating group) is 1. The molecule has 0 radical (unpaired) electrons. The second-order valence-electron chi connectivity index (χ2n) is 4.56. The molecule has 2 amide bonds. The quantitative estimate of drug-likeness (QED) is 0.900. The van der Waals surface area contributed by atoms with E-state index in [4.69, 9.17) is 4.74 Å². The molecule has 1 aromatic rings. The van der Waals surface area contributed by atoms with Crippen molar-refractivity contribution in [1.29, 1.82) is 0 Å². The third-order valence-corrected chi connectivity index (χ3v) is 3.68. The number of carbonyl (C=O) groups excluding carboxylic acids is 2. The molecule has 6 nitrogen and oxygen atoms in total. The maximum atomic E-state index is 12.2. The first-order valence-electron chi connectivity index (χ1n) is 6.48. The Morgan fingerprint density at radius 2 is 2.14 bits per heavy atom. The number of carbonyl (C=O) groups is 2. The number of amidine groups is 1. The molecule has 0 saturated carbocycles. The molecular weight excluding hydrogens is 290 g/mol. The van der Waals surface area contributed by atoms with Gasteiger partial charge >= 0.3 is 0 Å². The first-order chi connectivity index (χ1) is 10.1. The molecule has 0 atom stereocenters. The molecular formula is C14H17N3O3S. The van der Waals surface area contributed by atoms with Crippen LogP contribution in [0.25, 0.3) is 0 Å². The van der Waals surface area contributed by atoms with Crippen molar-refractivity contribution in [3.05, 3.63) is 29.8 Å². The summed E-state index contributed by atoms with van der Waals surface area (Å²) < 4.78 is 5.45. The number of aliphatic imine (C=N–C) groups is 1. The van der Waals surface area contributed by atoms with Crippen LogP contribution in [0.1, 0.15) is 10.4 Å². The van der Waals surface area contributed by atoms with E-state index < -0.39 is 0 Å². The maximum absolute atomic E-state index is 12.2. The Labute approximate surface area is 127 Å². The Bertz CT molecular complexity index is 572. The molecule has 1 aliphatic rings. The number of ether oxygens (including phenoxy) is 1. The Hall–Kier alpha value is -2.02. The SMILES string of the molecule is CN(C)C(=O)COc1ccccc1C(=O)NC1=NCCS1. The average Bonchev–Trinajstić information content (AvgIpc) is 2.97. The van der Waals surface area contributed by atoms with E-state index >= 15 is 0 Å². The van der Waals surface area contributed by atoms with Gasteiger partial charge in [0, 0.05) is 19.8 Å². The summed E-state index contributed by atoms with van der Waals surface area (Å²) in [4.78, 5) is 29.4. The van der Waals surface area contributed by atoms with E-state index in [-0.39, 0.29) is 18.4 Å². The molecule has 0 aromatic heterocycles. The van der Waals surface area contributed by atoms with Gasteiger partial charge < -0.3 is 15.0 Å². The average molecular weight is 307 g/mol. The highest BCUT2D eigenvalue weighted by Gasteiger charge is 2.17.